The molecule has 5 heteroatoms. The minimum absolute atomic E-state index is 0.0650. The zero-order valence-corrected chi connectivity index (χ0v) is 16.1. The third kappa shape index (κ3) is 4.26. The number of morpholine rings is 1. The minimum atomic E-state index is -0.400. The molecule has 2 saturated heterocycles. The normalized spacial score (nSPS) is 24.4. The van der Waals surface area contributed by atoms with Gasteiger partial charge in [-0.2, -0.15) is 0 Å². The number of rotatable bonds is 2. The van der Waals surface area contributed by atoms with E-state index < -0.39 is 5.41 Å². The van der Waals surface area contributed by atoms with Crippen LogP contribution in [-0.2, 0) is 14.3 Å². The van der Waals surface area contributed by atoms with E-state index in [1.54, 1.807) is 0 Å². The largest absolute Gasteiger partial charge is 0.370 e. The van der Waals surface area contributed by atoms with Gasteiger partial charge in [0.05, 0.1) is 19.1 Å². The van der Waals surface area contributed by atoms with Gasteiger partial charge in [-0.25, -0.2) is 0 Å². The Labute approximate surface area is 156 Å². The van der Waals surface area contributed by atoms with Crippen molar-refractivity contribution in [3.8, 4) is 0 Å². The lowest BCUT2D eigenvalue weighted by atomic mass is 9.90. The van der Waals surface area contributed by atoms with Gasteiger partial charge in [0.25, 0.3) is 0 Å². The molecule has 5 nitrogen and oxygen atoms in total. The Kier molecular flexibility index (Phi) is 5.66. The number of benzene rings is 1. The van der Waals surface area contributed by atoms with E-state index in [1.165, 1.54) is 0 Å². The fourth-order valence-corrected chi connectivity index (χ4v) is 3.81. The van der Waals surface area contributed by atoms with Crippen molar-refractivity contribution in [2.24, 2.45) is 11.3 Å². The number of carbonyl (C=O) groups excluding carboxylic acids is 2. The van der Waals surface area contributed by atoms with Crippen molar-refractivity contribution in [1.29, 1.82) is 0 Å². The second kappa shape index (κ2) is 7.78. The van der Waals surface area contributed by atoms with Crippen molar-refractivity contribution in [2.45, 2.75) is 39.7 Å². The summed E-state index contributed by atoms with van der Waals surface area (Å²) in [6.07, 6.45) is 1.69. The van der Waals surface area contributed by atoms with Crippen molar-refractivity contribution >= 4 is 11.8 Å². The molecule has 2 heterocycles. The van der Waals surface area contributed by atoms with Gasteiger partial charge >= 0.3 is 0 Å². The maximum absolute atomic E-state index is 13.1. The second-order valence-corrected chi connectivity index (χ2v) is 8.39. The number of nitrogens with zero attached hydrogens (tertiary/aromatic N) is 2. The molecule has 1 aromatic rings. The second-order valence-electron chi connectivity index (χ2n) is 8.39. The van der Waals surface area contributed by atoms with E-state index >= 15 is 0 Å². The van der Waals surface area contributed by atoms with Gasteiger partial charge in [0.1, 0.15) is 6.10 Å². The zero-order chi connectivity index (χ0) is 18.7. The molecule has 0 radical (unpaired) electrons. The molecular formula is C21H30N2O3. The van der Waals surface area contributed by atoms with Gasteiger partial charge in [-0.1, -0.05) is 51.1 Å². The van der Waals surface area contributed by atoms with Crippen LogP contribution in [0.2, 0.25) is 0 Å². The minimum Gasteiger partial charge on any atom is -0.370 e. The molecule has 0 bridgehead atoms. The van der Waals surface area contributed by atoms with Crippen LogP contribution < -0.4 is 0 Å². The topological polar surface area (TPSA) is 49.9 Å². The third-order valence-corrected chi connectivity index (χ3v) is 5.25. The lowest BCUT2D eigenvalue weighted by Gasteiger charge is -2.39. The number of ether oxygens (including phenoxy) is 1. The molecule has 0 saturated carbocycles. The summed E-state index contributed by atoms with van der Waals surface area (Å²) in [5.74, 6) is 0.212. The first-order valence-corrected chi connectivity index (χ1v) is 9.61. The summed E-state index contributed by atoms with van der Waals surface area (Å²) in [6.45, 7) is 8.90. The lowest BCUT2D eigenvalue weighted by molar-refractivity contribution is -0.149. The molecular weight excluding hydrogens is 328 g/mol. The van der Waals surface area contributed by atoms with E-state index in [0.29, 0.717) is 26.2 Å². The third-order valence-electron chi connectivity index (χ3n) is 5.25. The van der Waals surface area contributed by atoms with Gasteiger partial charge in [0, 0.05) is 25.0 Å². The van der Waals surface area contributed by atoms with E-state index in [0.717, 1.165) is 24.9 Å². The number of hydrogen-bond acceptors (Lipinski definition) is 3. The fraction of sp³-hybridized carbons (Fsp3) is 0.619. The summed E-state index contributed by atoms with van der Waals surface area (Å²) in [5, 5.41) is 0. The molecule has 3 rings (SSSR count). The number of hydrogen-bond donors (Lipinski definition) is 0. The van der Waals surface area contributed by atoms with Gasteiger partial charge in [-0.05, 0) is 18.4 Å². The molecule has 0 N–H and O–H groups in total. The quantitative estimate of drug-likeness (QED) is 0.817. The predicted molar refractivity (Wildman–Crippen MR) is 100 cm³/mol. The highest BCUT2D eigenvalue weighted by atomic mass is 16.5. The maximum Gasteiger partial charge on any atom is 0.227 e. The van der Waals surface area contributed by atoms with Crippen molar-refractivity contribution in [2.75, 3.05) is 32.8 Å². The van der Waals surface area contributed by atoms with Crippen molar-refractivity contribution in [3.63, 3.8) is 0 Å². The summed E-state index contributed by atoms with van der Waals surface area (Å²) in [5.41, 5.74) is 0.709. The zero-order valence-electron chi connectivity index (χ0n) is 16.1. The van der Waals surface area contributed by atoms with Crippen molar-refractivity contribution < 1.29 is 14.3 Å². The molecule has 2 atom stereocenters. The summed E-state index contributed by atoms with van der Waals surface area (Å²) in [7, 11) is 0. The van der Waals surface area contributed by atoms with Gasteiger partial charge < -0.3 is 14.5 Å². The van der Waals surface area contributed by atoms with E-state index in [1.807, 2.05) is 60.9 Å². The molecule has 0 aromatic heterocycles. The SMILES string of the molecule is CC(C)(C)C(=O)N1CCC[C@@H](C(=O)N2CCO[C@H](c3ccccc3)C2)C1. The molecule has 2 fully saturated rings. The predicted octanol–water partition coefficient (Wildman–Crippen LogP) is 2.87. The number of amides is 2. The first-order valence-electron chi connectivity index (χ1n) is 9.61. The Morgan fingerprint density at radius 2 is 1.77 bits per heavy atom. The molecule has 142 valence electrons. The summed E-state index contributed by atoms with van der Waals surface area (Å²) in [4.78, 5) is 29.5. The van der Waals surface area contributed by atoms with E-state index in [-0.39, 0.29) is 23.8 Å². The van der Waals surface area contributed by atoms with Crippen LogP contribution in [0.15, 0.2) is 30.3 Å². The van der Waals surface area contributed by atoms with E-state index in [9.17, 15) is 9.59 Å². The van der Waals surface area contributed by atoms with Crippen LogP contribution in [0.3, 0.4) is 0 Å². The van der Waals surface area contributed by atoms with Gasteiger partial charge in [-0.15, -0.1) is 0 Å². The Hall–Kier alpha value is -1.88. The molecule has 0 unspecified atom stereocenters. The van der Waals surface area contributed by atoms with Gasteiger partial charge in [-0.3, -0.25) is 9.59 Å². The first kappa shape index (κ1) is 18.9. The molecule has 1 aromatic carbocycles. The average Bonchev–Trinajstić information content (AvgIpc) is 2.67. The van der Waals surface area contributed by atoms with Crippen LogP contribution in [0.5, 0.6) is 0 Å². The van der Waals surface area contributed by atoms with E-state index in [4.69, 9.17) is 4.74 Å². The van der Waals surface area contributed by atoms with Crippen LogP contribution in [-0.4, -0.2) is 54.4 Å². The van der Waals surface area contributed by atoms with Crippen LogP contribution in [0.1, 0.15) is 45.3 Å². The first-order chi connectivity index (χ1) is 12.4. The Morgan fingerprint density at radius 3 is 2.46 bits per heavy atom. The Morgan fingerprint density at radius 1 is 1.04 bits per heavy atom. The van der Waals surface area contributed by atoms with Gasteiger partial charge in [0.15, 0.2) is 0 Å². The highest BCUT2D eigenvalue weighted by molar-refractivity contribution is 5.84. The summed E-state index contributed by atoms with van der Waals surface area (Å²) >= 11 is 0. The average molecular weight is 358 g/mol. The van der Waals surface area contributed by atoms with Crippen LogP contribution in [0, 0.1) is 11.3 Å². The van der Waals surface area contributed by atoms with Crippen LogP contribution >= 0.6 is 0 Å². The summed E-state index contributed by atoms with van der Waals surface area (Å²) in [6, 6.07) is 10.1. The molecule has 2 amide bonds. The lowest BCUT2D eigenvalue weighted by Crippen LogP contribution is -2.51. The summed E-state index contributed by atoms with van der Waals surface area (Å²) < 4.78 is 5.88. The highest BCUT2D eigenvalue weighted by Crippen LogP contribution is 2.27. The molecule has 2 aliphatic heterocycles. The smallest absolute Gasteiger partial charge is 0.227 e. The number of carbonyl (C=O) groups is 2. The maximum atomic E-state index is 13.1. The molecule has 0 aliphatic carbocycles. The van der Waals surface area contributed by atoms with Crippen LogP contribution in [0.25, 0.3) is 0 Å². The molecule has 2 aliphatic rings. The number of likely N-dealkylation sites (tertiary alicyclic amines) is 1. The van der Waals surface area contributed by atoms with E-state index in [2.05, 4.69) is 0 Å². The standard InChI is InChI=1S/C21H30N2O3/c1-21(2,3)20(25)23-11-7-10-17(14-23)19(24)22-12-13-26-18(15-22)16-8-5-4-6-9-16/h4-6,8-9,17-18H,7,10-15H2,1-3H3/t17-,18+/m1/s1. The van der Waals surface area contributed by atoms with Gasteiger partial charge in [0.2, 0.25) is 11.8 Å². The molecule has 26 heavy (non-hydrogen) atoms. The van der Waals surface area contributed by atoms with Crippen molar-refractivity contribution in [3.05, 3.63) is 35.9 Å². The van der Waals surface area contributed by atoms with Crippen LogP contribution in [0.4, 0.5) is 0 Å². The Bertz CT molecular complexity index is 638. The monoisotopic (exact) mass is 358 g/mol. The molecule has 0 spiro atoms. The fourth-order valence-electron chi connectivity index (χ4n) is 3.81. The Balaban J connectivity index is 1.64. The highest BCUT2D eigenvalue weighted by Gasteiger charge is 2.36. The van der Waals surface area contributed by atoms with Crippen molar-refractivity contribution in [1.82, 2.24) is 9.80 Å². The number of piperidine rings is 1.